The molecule has 0 atom stereocenters. The average molecular weight is 607 g/mol. The number of carbonyl (C=O) groups excluding carboxylic acids is 1. The minimum Gasteiger partial charge on any atom is -0.466 e. The average Bonchev–Trinajstić information content (AvgIpc) is 3.01. The number of carbonyl (C=O) groups is 1. The molecule has 0 rings (SSSR count). The minimum atomic E-state index is 0.0295. The Balaban J connectivity index is 3.13. The van der Waals surface area contributed by atoms with Crippen LogP contribution in [-0.4, -0.2) is 12.6 Å². The second-order valence-corrected chi connectivity index (χ2v) is 14.0. The fraction of sp³-hybridized carbons (Fsp3) is 0.976. The van der Waals surface area contributed by atoms with Crippen molar-refractivity contribution in [1.82, 2.24) is 0 Å². The zero-order valence-electron chi connectivity index (χ0n) is 30.2. The fourth-order valence-electron chi connectivity index (χ4n) is 6.43. The van der Waals surface area contributed by atoms with Crippen molar-refractivity contribution in [3.63, 3.8) is 0 Å². The maximum absolute atomic E-state index is 11.9. The highest BCUT2D eigenvalue weighted by atomic mass is 16.5. The normalized spacial score (nSPS) is 11.4. The molecule has 0 aromatic carbocycles. The first kappa shape index (κ1) is 42.5. The fourth-order valence-corrected chi connectivity index (χ4v) is 6.43. The van der Waals surface area contributed by atoms with Gasteiger partial charge in [-0.05, 0) is 12.8 Å². The summed E-state index contributed by atoms with van der Waals surface area (Å²) in [4.78, 5) is 11.9. The predicted octanol–water partition coefficient (Wildman–Crippen LogP) is 15.0. The van der Waals surface area contributed by atoms with Crippen LogP contribution in [0.5, 0.6) is 0 Å². The van der Waals surface area contributed by atoms with Crippen molar-refractivity contribution < 1.29 is 9.53 Å². The molecule has 0 bridgehead atoms. The summed E-state index contributed by atoms with van der Waals surface area (Å²) in [6, 6.07) is 0. The molecule has 0 unspecified atom stereocenters. The third-order valence-electron chi connectivity index (χ3n) is 9.50. The summed E-state index contributed by atoms with van der Waals surface area (Å²) in [6.07, 6.45) is 50.5. The van der Waals surface area contributed by atoms with Crippen molar-refractivity contribution in [2.75, 3.05) is 6.61 Å². The van der Waals surface area contributed by atoms with Crippen LogP contribution in [0.25, 0.3) is 0 Å². The van der Waals surface area contributed by atoms with Gasteiger partial charge in [0.2, 0.25) is 0 Å². The molecular formula is C41H82O2. The molecular weight excluding hydrogens is 524 g/mol. The molecule has 0 saturated carbocycles. The molecule has 0 aliphatic heterocycles. The third-order valence-corrected chi connectivity index (χ3v) is 9.50. The number of rotatable bonds is 38. The van der Waals surface area contributed by atoms with E-state index in [0.29, 0.717) is 13.0 Å². The van der Waals surface area contributed by atoms with Crippen LogP contribution in [-0.2, 0) is 9.53 Å². The molecule has 0 aromatic heterocycles. The zero-order valence-corrected chi connectivity index (χ0v) is 30.2. The molecule has 0 fully saturated rings. The van der Waals surface area contributed by atoms with E-state index in [1.807, 2.05) is 0 Å². The molecule has 2 nitrogen and oxygen atoms in total. The molecule has 43 heavy (non-hydrogen) atoms. The van der Waals surface area contributed by atoms with Gasteiger partial charge in [-0.1, -0.05) is 232 Å². The molecule has 0 N–H and O–H groups in total. The summed E-state index contributed by atoms with van der Waals surface area (Å²) in [5.41, 5.74) is 0. The van der Waals surface area contributed by atoms with E-state index in [1.165, 1.54) is 218 Å². The quantitative estimate of drug-likeness (QED) is 0.0516. The summed E-state index contributed by atoms with van der Waals surface area (Å²) in [7, 11) is 0. The maximum atomic E-state index is 11.9. The van der Waals surface area contributed by atoms with Gasteiger partial charge in [0.15, 0.2) is 0 Å². The Morgan fingerprint density at radius 3 is 0.767 bits per heavy atom. The first-order valence-electron chi connectivity index (χ1n) is 20.5. The highest BCUT2D eigenvalue weighted by molar-refractivity contribution is 5.69. The second kappa shape index (κ2) is 39.5. The lowest BCUT2D eigenvalue weighted by atomic mass is 10.0. The van der Waals surface area contributed by atoms with Gasteiger partial charge < -0.3 is 4.74 Å². The van der Waals surface area contributed by atoms with Crippen molar-refractivity contribution in [2.45, 2.75) is 251 Å². The Labute approximate surface area is 273 Å². The van der Waals surface area contributed by atoms with Crippen LogP contribution in [0.15, 0.2) is 0 Å². The number of ether oxygens (including phenoxy) is 1. The standard InChI is InChI=1S/C41H82O2/c1-3-5-7-9-11-13-15-17-18-19-20-21-22-23-24-25-26-28-30-32-34-36-38-40-43-41(42)39-37-35-33-31-29-27-16-14-12-10-8-6-4-2/h3-40H2,1-2H3. The molecule has 0 aliphatic rings. The number of esters is 1. The van der Waals surface area contributed by atoms with E-state index < -0.39 is 0 Å². The van der Waals surface area contributed by atoms with Crippen LogP contribution in [0, 0.1) is 0 Å². The van der Waals surface area contributed by atoms with Crippen molar-refractivity contribution in [3.8, 4) is 0 Å². The van der Waals surface area contributed by atoms with Gasteiger partial charge in [0.1, 0.15) is 0 Å². The van der Waals surface area contributed by atoms with E-state index >= 15 is 0 Å². The molecule has 0 aliphatic carbocycles. The molecule has 0 heterocycles. The smallest absolute Gasteiger partial charge is 0.305 e. The Bertz CT molecular complexity index is 502. The van der Waals surface area contributed by atoms with E-state index in [1.54, 1.807) is 0 Å². The lowest BCUT2D eigenvalue weighted by molar-refractivity contribution is -0.143. The largest absolute Gasteiger partial charge is 0.466 e. The zero-order chi connectivity index (χ0) is 31.2. The van der Waals surface area contributed by atoms with Crippen molar-refractivity contribution in [1.29, 1.82) is 0 Å². The van der Waals surface area contributed by atoms with E-state index in [4.69, 9.17) is 4.74 Å². The van der Waals surface area contributed by atoms with Gasteiger partial charge in [-0.25, -0.2) is 0 Å². The minimum absolute atomic E-state index is 0.0295. The monoisotopic (exact) mass is 607 g/mol. The Morgan fingerprint density at radius 1 is 0.302 bits per heavy atom. The van der Waals surface area contributed by atoms with Crippen LogP contribution < -0.4 is 0 Å². The van der Waals surface area contributed by atoms with E-state index in [0.717, 1.165) is 12.8 Å². The third kappa shape index (κ3) is 39.4. The van der Waals surface area contributed by atoms with Crippen LogP contribution in [0.1, 0.15) is 251 Å². The summed E-state index contributed by atoms with van der Waals surface area (Å²) in [5.74, 6) is 0.0295. The number of hydrogen-bond donors (Lipinski definition) is 0. The molecule has 0 radical (unpaired) electrons. The number of hydrogen-bond acceptors (Lipinski definition) is 2. The Kier molecular flexibility index (Phi) is 39.0. The highest BCUT2D eigenvalue weighted by Gasteiger charge is 2.03. The van der Waals surface area contributed by atoms with Gasteiger partial charge in [-0.15, -0.1) is 0 Å². The van der Waals surface area contributed by atoms with Gasteiger partial charge >= 0.3 is 5.97 Å². The van der Waals surface area contributed by atoms with E-state index in [-0.39, 0.29) is 5.97 Å². The highest BCUT2D eigenvalue weighted by Crippen LogP contribution is 2.16. The van der Waals surface area contributed by atoms with Gasteiger partial charge in [0.25, 0.3) is 0 Å². The first-order chi connectivity index (χ1) is 21.3. The molecule has 258 valence electrons. The lowest BCUT2D eigenvalue weighted by Gasteiger charge is -2.06. The van der Waals surface area contributed by atoms with Crippen LogP contribution in [0.3, 0.4) is 0 Å². The summed E-state index contributed by atoms with van der Waals surface area (Å²) >= 11 is 0. The molecule has 0 saturated heterocycles. The number of unbranched alkanes of at least 4 members (excludes halogenated alkanes) is 34. The molecule has 0 aromatic rings. The SMILES string of the molecule is CCCCCCCCCCCCCCCCCCCCCCCCCOC(=O)CCCCCCCCCCCCCCC. The van der Waals surface area contributed by atoms with Gasteiger partial charge in [0.05, 0.1) is 6.61 Å². The molecule has 2 heteroatoms. The Hall–Kier alpha value is -0.530. The summed E-state index contributed by atoms with van der Waals surface area (Å²) in [6.45, 7) is 5.22. The molecule has 0 spiro atoms. The summed E-state index contributed by atoms with van der Waals surface area (Å²) in [5, 5.41) is 0. The topological polar surface area (TPSA) is 26.3 Å². The van der Waals surface area contributed by atoms with Crippen molar-refractivity contribution >= 4 is 5.97 Å². The summed E-state index contributed by atoms with van der Waals surface area (Å²) < 4.78 is 5.46. The Morgan fingerprint density at radius 2 is 0.512 bits per heavy atom. The van der Waals surface area contributed by atoms with E-state index in [9.17, 15) is 4.79 Å². The van der Waals surface area contributed by atoms with Crippen LogP contribution in [0.4, 0.5) is 0 Å². The van der Waals surface area contributed by atoms with E-state index in [2.05, 4.69) is 13.8 Å². The van der Waals surface area contributed by atoms with Crippen LogP contribution in [0.2, 0.25) is 0 Å². The van der Waals surface area contributed by atoms with Gasteiger partial charge in [0, 0.05) is 6.42 Å². The maximum Gasteiger partial charge on any atom is 0.305 e. The van der Waals surface area contributed by atoms with Gasteiger partial charge in [-0.3, -0.25) is 4.79 Å². The van der Waals surface area contributed by atoms with Crippen LogP contribution >= 0.6 is 0 Å². The van der Waals surface area contributed by atoms with Crippen molar-refractivity contribution in [3.05, 3.63) is 0 Å². The first-order valence-corrected chi connectivity index (χ1v) is 20.5. The molecule has 0 amide bonds. The van der Waals surface area contributed by atoms with Crippen molar-refractivity contribution in [2.24, 2.45) is 0 Å². The van der Waals surface area contributed by atoms with Gasteiger partial charge in [-0.2, -0.15) is 0 Å². The predicted molar refractivity (Wildman–Crippen MR) is 193 cm³/mol. The second-order valence-electron chi connectivity index (χ2n) is 14.0. The lowest BCUT2D eigenvalue weighted by Crippen LogP contribution is -2.05.